The van der Waals surface area contributed by atoms with Crippen molar-refractivity contribution >= 4 is 29.9 Å². The number of hydrogen-bond donors (Lipinski definition) is 2. The molecule has 39 heavy (non-hydrogen) atoms. The molecule has 1 aromatic carbocycles. The number of piperazine rings is 1. The van der Waals surface area contributed by atoms with Crippen LogP contribution in [-0.2, 0) is 6.54 Å². The lowest BCUT2D eigenvalue weighted by atomic mass is 10.2. The van der Waals surface area contributed by atoms with Crippen LogP contribution in [0.3, 0.4) is 0 Å². The monoisotopic (exact) mass is 529 g/mol. The number of nitrogens with zero attached hydrogens (tertiary/aromatic N) is 7. The molecule has 2 atom stereocenters. The number of anilines is 2. The highest BCUT2D eigenvalue weighted by atomic mass is 16.1. The summed E-state index contributed by atoms with van der Waals surface area (Å²) >= 11 is 0. The molecule has 2 N–H and O–H groups in total. The van der Waals surface area contributed by atoms with Crippen LogP contribution in [0, 0.1) is 6.92 Å². The number of nitrogens with one attached hydrogen (secondary N) is 2. The predicted molar refractivity (Wildman–Crippen MR) is 156 cm³/mol. The van der Waals surface area contributed by atoms with Crippen molar-refractivity contribution in [2.75, 3.05) is 23.3 Å². The molecular weight excluding hydrogens is 494 g/mol. The van der Waals surface area contributed by atoms with Gasteiger partial charge >= 0.3 is 0 Å². The van der Waals surface area contributed by atoms with Crippen molar-refractivity contribution in [1.29, 1.82) is 0 Å². The average Bonchev–Trinajstić information content (AvgIpc) is 3.39. The number of benzene rings is 1. The summed E-state index contributed by atoms with van der Waals surface area (Å²) in [4.78, 5) is 36.7. The van der Waals surface area contributed by atoms with Crippen LogP contribution in [0.4, 0.5) is 17.2 Å². The van der Waals surface area contributed by atoms with Gasteiger partial charge in [0.15, 0.2) is 11.6 Å². The van der Waals surface area contributed by atoms with Crippen molar-refractivity contribution in [2.45, 2.75) is 58.3 Å². The summed E-state index contributed by atoms with van der Waals surface area (Å²) in [6, 6.07) is 12.1. The average molecular weight is 530 g/mol. The summed E-state index contributed by atoms with van der Waals surface area (Å²) in [5.74, 6) is 0.950. The maximum atomic E-state index is 13.2. The first-order chi connectivity index (χ1) is 18.8. The molecule has 2 fully saturated rings. The Bertz CT molecular complexity index is 1520. The van der Waals surface area contributed by atoms with Crippen molar-refractivity contribution in [3.05, 3.63) is 75.3 Å². The smallest absolute Gasteiger partial charge is 0.272 e. The molecule has 0 aliphatic carbocycles. The maximum Gasteiger partial charge on any atom is 0.272 e. The van der Waals surface area contributed by atoms with E-state index < -0.39 is 0 Å². The number of hydrogen-bond acceptors (Lipinski definition) is 6. The predicted octanol–water partition coefficient (Wildman–Crippen LogP) is 3.01. The highest BCUT2D eigenvalue weighted by Gasteiger charge is 2.32. The van der Waals surface area contributed by atoms with E-state index in [-0.39, 0.29) is 29.7 Å². The highest BCUT2D eigenvalue weighted by Crippen LogP contribution is 2.27. The van der Waals surface area contributed by atoms with Crippen molar-refractivity contribution < 1.29 is 0 Å². The standard InChI is InChI=1S/C28H35N9O2/c1-6-15-35-27(39)19(4)26(37(35)24-13-14-25(38)36(33-24)18(2)3)32-28(29-5)31-20-9-11-23(12-10-20)34-16-21-7-8-22(17-34)30-21/h6,9-14,18,21-22,30H,1,5,7-8,15-17H2,2-4H3,(H,31,32). The molecule has 2 bridgehead atoms. The van der Waals surface area contributed by atoms with E-state index in [4.69, 9.17) is 0 Å². The zero-order chi connectivity index (χ0) is 27.7. The minimum absolute atomic E-state index is 0.160. The first-order valence-corrected chi connectivity index (χ1v) is 13.3. The largest absolute Gasteiger partial charge is 0.368 e. The van der Waals surface area contributed by atoms with E-state index in [1.54, 1.807) is 23.7 Å². The van der Waals surface area contributed by atoms with Gasteiger partial charge in [0.05, 0.1) is 18.2 Å². The Morgan fingerprint density at radius 1 is 1.15 bits per heavy atom. The van der Waals surface area contributed by atoms with Gasteiger partial charge in [-0.2, -0.15) is 4.99 Å². The molecule has 0 spiro atoms. The molecule has 11 nitrogen and oxygen atoms in total. The van der Waals surface area contributed by atoms with Crippen molar-refractivity contribution in [3.63, 3.8) is 0 Å². The van der Waals surface area contributed by atoms with E-state index in [9.17, 15) is 9.59 Å². The van der Waals surface area contributed by atoms with Gasteiger partial charge in [0.25, 0.3) is 11.1 Å². The van der Waals surface area contributed by atoms with Gasteiger partial charge in [-0.25, -0.2) is 19.0 Å². The van der Waals surface area contributed by atoms with Crippen molar-refractivity contribution in [3.8, 4) is 5.82 Å². The van der Waals surface area contributed by atoms with E-state index in [2.05, 4.69) is 56.0 Å². The number of rotatable bonds is 7. The molecule has 3 aromatic rings. The third-order valence-electron chi connectivity index (χ3n) is 7.22. The fraction of sp³-hybridized carbons (Fsp3) is 0.393. The number of allylic oxidation sites excluding steroid dienone is 1. The molecule has 2 aromatic heterocycles. The van der Waals surface area contributed by atoms with Gasteiger partial charge in [-0.1, -0.05) is 6.08 Å². The molecule has 2 aliphatic heterocycles. The Balaban J connectivity index is 1.48. The number of aromatic nitrogens is 4. The molecule has 4 heterocycles. The molecule has 2 saturated heterocycles. The highest BCUT2D eigenvalue weighted by molar-refractivity contribution is 5.98. The SMILES string of the molecule is C=CCn1c(=O)c(C)c(N=C(N=C)Nc2ccc(N3CC4CCC(C3)N4)cc2)n1-c1ccc(=O)n(C(C)C)n1. The van der Waals surface area contributed by atoms with Crippen LogP contribution in [0.5, 0.6) is 0 Å². The topological polar surface area (TPSA) is 114 Å². The summed E-state index contributed by atoms with van der Waals surface area (Å²) in [5.41, 5.74) is 1.92. The van der Waals surface area contributed by atoms with Gasteiger partial charge in [0.2, 0.25) is 5.96 Å². The molecule has 2 unspecified atom stereocenters. The molecule has 11 heteroatoms. The Morgan fingerprint density at radius 2 is 1.85 bits per heavy atom. The van der Waals surface area contributed by atoms with Crippen LogP contribution < -0.4 is 26.7 Å². The van der Waals surface area contributed by atoms with Crippen LogP contribution in [0.25, 0.3) is 5.82 Å². The minimum atomic E-state index is -0.240. The van der Waals surface area contributed by atoms with Crippen molar-refractivity contribution in [1.82, 2.24) is 24.5 Å². The van der Waals surface area contributed by atoms with E-state index in [1.807, 2.05) is 26.0 Å². The Morgan fingerprint density at radius 3 is 2.46 bits per heavy atom. The summed E-state index contributed by atoms with van der Waals surface area (Å²) in [6.45, 7) is 15.2. The lowest BCUT2D eigenvalue weighted by molar-refractivity contribution is 0.466. The van der Waals surface area contributed by atoms with Gasteiger partial charge in [-0.15, -0.1) is 11.7 Å². The summed E-state index contributed by atoms with van der Waals surface area (Å²) < 4.78 is 4.44. The van der Waals surface area contributed by atoms with Gasteiger partial charge in [0.1, 0.15) is 0 Å². The second-order valence-electron chi connectivity index (χ2n) is 10.3. The molecule has 0 amide bonds. The summed E-state index contributed by atoms with van der Waals surface area (Å²) in [5, 5.41) is 11.4. The number of aliphatic imine (C=N–C) groups is 2. The van der Waals surface area contributed by atoms with Gasteiger partial charge in [0, 0.05) is 42.6 Å². The van der Waals surface area contributed by atoms with E-state index in [0.717, 1.165) is 18.8 Å². The molecule has 2 aliphatic rings. The van der Waals surface area contributed by atoms with Gasteiger partial charge in [-0.3, -0.25) is 9.59 Å². The zero-order valence-electron chi connectivity index (χ0n) is 22.7. The third-order valence-corrected chi connectivity index (χ3v) is 7.22. The Hall–Kier alpha value is -4.25. The first-order valence-electron chi connectivity index (χ1n) is 13.3. The van der Waals surface area contributed by atoms with Crippen LogP contribution in [0.15, 0.2) is 68.6 Å². The quantitative estimate of drug-likeness (QED) is 0.276. The van der Waals surface area contributed by atoms with E-state index in [0.29, 0.717) is 29.3 Å². The fourth-order valence-corrected chi connectivity index (χ4v) is 5.30. The molecule has 0 radical (unpaired) electrons. The third kappa shape index (κ3) is 5.22. The Kier molecular flexibility index (Phi) is 7.34. The van der Waals surface area contributed by atoms with Crippen LogP contribution in [0.1, 0.15) is 38.3 Å². The minimum Gasteiger partial charge on any atom is -0.368 e. The summed E-state index contributed by atoms with van der Waals surface area (Å²) in [6.07, 6.45) is 4.09. The van der Waals surface area contributed by atoms with Crippen LogP contribution in [-0.4, -0.2) is 57.0 Å². The zero-order valence-corrected chi connectivity index (χ0v) is 22.7. The first kappa shape index (κ1) is 26.4. The van der Waals surface area contributed by atoms with Crippen LogP contribution >= 0.6 is 0 Å². The molecule has 5 rings (SSSR count). The van der Waals surface area contributed by atoms with Crippen LogP contribution in [0.2, 0.25) is 0 Å². The normalized spacial score (nSPS) is 19.0. The Labute approximate surface area is 227 Å². The fourth-order valence-electron chi connectivity index (χ4n) is 5.30. The van der Waals surface area contributed by atoms with E-state index in [1.165, 1.54) is 34.0 Å². The van der Waals surface area contributed by atoms with Crippen molar-refractivity contribution in [2.24, 2.45) is 9.98 Å². The molecule has 204 valence electrons. The lowest BCUT2D eigenvalue weighted by Crippen LogP contribution is -2.51. The lowest BCUT2D eigenvalue weighted by Gasteiger charge is -2.34. The second kappa shape index (κ2) is 10.9. The number of fused-ring (bicyclic) bond motifs is 2. The molecule has 0 saturated carbocycles. The maximum absolute atomic E-state index is 13.2. The second-order valence-corrected chi connectivity index (χ2v) is 10.3. The molecular formula is C28H35N9O2. The summed E-state index contributed by atoms with van der Waals surface area (Å²) in [7, 11) is 0. The van der Waals surface area contributed by atoms with E-state index >= 15 is 0 Å². The van der Waals surface area contributed by atoms with Gasteiger partial charge in [-0.05, 0) is 70.7 Å². The number of guanidine groups is 1. The van der Waals surface area contributed by atoms with Gasteiger partial charge < -0.3 is 15.5 Å².